The maximum atomic E-state index is 10.8. The van der Waals surface area contributed by atoms with Crippen molar-refractivity contribution in [1.82, 2.24) is 9.97 Å². The van der Waals surface area contributed by atoms with E-state index in [9.17, 15) is 4.79 Å². The lowest BCUT2D eigenvalue weighted by atomic mass is 10.1. The lowest BCUT2D eigenvalue weighted by Gasteiger charge is -1.97. The highest BCUT2D eigenvalue weighted by Crippen LogP contribution is 2.12. The molecule has 112 valence electrons. The van der Waals surface area contributed by atoms with Crippen molar-refractivity contribution in [2.45, 2.75) is 0 Å². The monoisotopic (exact) mass is 301 g/mol. The Morgan fingerprint density at radius 1 is 0.826 bits per heavy atom. The molecule has 4 rings (SSSR count). The molecule has 0 aliphatic rings. The Balaban J connectivity index is 0.000000140. The van der Waals surface area contributed by atoms with E-state index in [1.165, 1.54) is 17.0 Å². The molecule has 0 bridgehead atoms. The van der Waals surface area contributed by atoms with Gasteiger partial charge in [0.2, 0.25) is 5.91 Å². The van der Waals surface area contributed by atoms with Gasteiger partial charge >= 0.3 is 0 Å². The third-order valence-electron chi connectivity index (χ3n) is 3.42. The minimum Gasteiger partial charge on any atom is -0.366 e. The summed E-state index contributed by atoms with van der Waals surface area (Å²) in [5.74, 6) is -0.446. The van der Waals surface area contributed by atoms with Crippen LogP contribution >= 0.6 is 0 Å². The van der Waals surface area contributed by atoms with Gasteiger partial charge < -0.3 is 5.73 Å². The number of pyridine rings is 2. The summed E-state index contributed by atoms with van der Waals surface area (Å²) in [4.78, 5) is 18.9. The van der Waals surface area contributed by atoms with Gasteiger partial charge in [0.1, 0.15) is 0 Å². The summed E-state index contributed by atoms with van der Waals surface area (Å²) in [7, 11) is 0. The van der Waals surface area contributed by atoms with Crippen molar-refractivity contribution in [3.05, 3.63) is 84.8 Å². The molecule has 0 aliphatic heterocycles. The average Bonchev–Trinajstić information content (AvgIpc) is 2.62. The summed E-state index contributed by atoms with van der Waals surface area (Å²) in [6, 6.07) is 19.5. The predicted octanol–water partition coefficient (Wildman–Crippen LogP) is 3.57. The molecule has 0 aliphatic carbocycles. The molecule has 0 atom stereocenters. The zero-order valence-corrected chi connectivity index (χ0v) is 12.4. The molecule has 23 heavy (non-hydrogen) atoms. The number of primary amides is 1. The fraction of sp³-hybridized carbons (Fsp3) is 0. The summed E-state index contributed by atoms with van der Waals surface area (Å²) in [5.41, 5.74) is 6.44. The first-order valence-corrected chi connectivity index (χ1v) is 7.17. The molecule has 0 unspecified atom stereocenters. The molecule has 2 heterocycles. The normalized spacial score (nSPS) is 10.1. The number of para-hydroxylation sites is 1. The van der Waals surface area contributed by atoms with Gasteiger partial charge in [0.15, 0.2) is 0 Å². The van der Waals surface area contributed by atoms with Crippen LogP contribution in [0.4, 0.5) is 0 Å². The molecule has 2 aromatic heterocycles. The third-order valence-corrected chi connectivity index (χ3v) is 3.42. The van der Waals surface area contributed by atoms with Gasteiger partial charge in [0.05, 0.1) is 11.1 Å². The van der Waals surface area contributed by atoms with Crippen molar-refractivity contribution in [3.8, 4) is 0 Å². The number of amides is 1. The quantitative estimate of drug-likeness (QED) is 0.584. The van der Waals surface area contributed by atoms with Crippen LogP contribution in [0.2, 0.25) is 0 Å². The van der Waals surface area contributed by atoms with Crippen molar-refractivity contribution in [3.63, 3.8) is 0 Å². The summed E-state index contributed by atoms with van der Waals surface area (Å²) in [6.45, 7) is 0. The first-order valence-electron chi connectivity index (χ1n) is 7.17. The SMILES string of the molecule is NC(=O)c1cnc2ccccc2c1.c1ccc2cnccc2c1. The lowest BCUT2D eigenvalue weighted by Crippen LogP contribution is -2.10. The Morgan fingerprint density at radius 2 is 1.52 bits per heavy atom. The molecule has 4 heteroatoms. The van der Waals surface area contributed by atoms with Gasteiger partial charge in [-0.05, 0) is 29.0 Å². The molecule has 4 aromatic rings. The molecule has 0 radical (unpaired) electrons. The Morgan fingerprint density at radius 3 is 2.26 bits per heavy atom. The van der Waals surface area contributed by atoms with E-state index in [1.807, 2.05) is 54.9 Å². The van der Waals surface area contributed by atoms with E-state index in [-0.39, 0.29) is 0 Å². The highest BCUT2D eigenvalue weighted by molar-refractivity contribution is 5.96. The van der Waals surface area contributed by atoms with Crippen LogP contribution in [0.1, 0.15) is 10.4 Å². The molecular formula is C19H15N3O. The van der Waals surface area contributed by atoms with Crippen molar-refractivity contribution in [2.75, 3.05) is 0 Å². The summed E-state index contributed by atoms with van der Waals surface area (Å²) in [5, 5.41) is 3.38. The van der Waals surface area contributed by atoms with E-state index in [0.29, 0.717) is 5.56 Å². The highest BCUT2D eigenvalue weighted by Gasteiger charge is 2.01. The third kappa shape index (κ3) is 3.49. The Kier molecular flexibility index (Phi) is 4.25. The van der Waals surface area contributed by atoms with Crippen LogP contribution in [0.5, 0.6) is 0 Å². The van der Waals surface area contributed by atoms with Crippen LogP contribution in [0, 0.1) is 0 Å². The lowest BCUT2D eigenvalue weighted by molar-refractivity contribution is 0.1000. The largest absolute Gasteiger partial charge is 0.366 e. The van der Waals surface area contributed by atoms with E-state index in [0.717, 1.165) is 10.9 Å². The summed E-state index contributed by atoms with van der Waals surface area (Å²) >= 11 is 0. The number of aromatic nitrogens is 2. The molecule has 1 amide bonds. The molecule has 2 N–H and O–H groups in total. The maximum absolute atomic E-state index is 10.8. The smallest absolute Gasteiger partial charge is 0.250 e. The summed E-state index contributed by atoms with van der Waals surface area (Å²) in [6.07, 6.45) is 5.17. The van der Waals surface area contributed by atoms with E-state index in [1.54, 1.807) is 6.07 Å². The van der Waals surface area contributed by atoms with E-state index < -0.39 is 5.91 Å². The van der Waals surface area contributed by atoms with Crippen molar-refractivity contribution in [1.29, 1.82) is 0 Å². The topological polar surface area (TPSA) is 68.9 Å². The first kappa shape index (κ1) is 14.7. The second-order valence-corrected chi connectivity index (χ2v) is 5.00. The maximum Gasteiger partial charge on any atom is 0.250 e. The Bertz CT molecular complexity index is 901. The number of hydrogen-bond acceptors (Lipinski definition) is 3. The number of carbonyl (C=O) groups is 1. The van der Waals surface area contributed by atoms with Crippen LogP contribution in [0.3, 0.4) is 0 Å². The number of fused-ring (bicyclic) bond motifs is 2. The number of nitrogens with two attached hydrogens (primary N) is 1. The van der Waals surface area contributed by atoms with Crippen LogP contribution in [0.25, 0.3) is 21.7 Å². The van der Waals surface area contributed by atoms with Gasteiger partial charge in [-0.1, -0.05) is 42.5 Å². The minimum absolute atomic E-state index is 0.443. The average molecular weight is 301 g/mol. The van der Waals surface area contributed by atoms with Crippen LogP contribution in [-0.2, 0) is 0 Å². The van der Waals surface area contributed by atoms with Crippen LogP contribution in [-0.4, -0.2) is 15.9 Å². The number of nitrogens with zero attached hydrogens (tertiary/aromatic N) is 2. The van der Waals surface area contributed by atoms with Crippen LogP contribution in [0.15, 0.2) is 79.3 Å². The van der Waals surface area contributed by atoms with Gasteiger partial charge in [-0.15, -0.1) is 0 Å². The fourth-order valence-corrected chi connectivity index (χ4v) is 2.23. The number of benzene rings is 2. The predicted molar refractivity (Wildman–Crippen MR) is 92.0 cm³/mol. The number of carbonyl (C=O) groups excluding carboxylic acids is 1. The van der Waals surface area contributed by atoms with Gasteiger partial charge in [-0.25, -0.2) is 0 Å². The number of hydrogen-bond donors (Lipinski definition) is 1. The Labute approximate surface area is 133 Å². The van der Waals surface area contributed by atoms with Crippen molar-refractivity contribution < 1.29 is 4.79 Å². The highest BCUT2D eigenvalue weighted by atomic mass is 16.1. The van der Waals surface area contributed by atoms with Crippen LogP contribution < -0.4 is 5.73 Å². The second kappa shape index (κ2) is 6.66. The van der Waals surface area contributed by atoms with Gasteiger partial charge in [0, 0.05) is 24.0 Å². The molecular weight excluding hydrogens is 286 g/mol. The zero-order valence-electron chi connectivity index (χ0n) is 12.4. The first-order chi connectivity index (χ1) is 11.2. The molecule has 0 spiro atoms. The van der Waals surface area contributed by atoms with Crippen molar-refractivity contribution in [2.24, 2.45) is 5.73 Å². The standard InChI is InChI=1S/C10H8N2O.C9H7N/c11-10(13)8-5-7-3-1-2-4-9(7)12-6-8;1-2-4-9-7-10-6-5-8(9)3-1/h1-6H,(H2,11,13);1-7H. The molecule has 0 saturated carbocycles. The van der Waals surface area contributed by atoms with Crippen molar-refractivity contribution >= 4 is 27.6 Å². The Hall–Kier alpha value is -3.27. The van der Waals surface area contributed by atoms with Gasteiger partial charge in [-0.3, -0.25) is 14.8 Å². The number of rotatable bonds is 1. The van der Waals surface area contributed by atoms with E-state index in [2.05, 4.69) is 22.1 Å². The molecule has 2 aromatic carbocycles. The molecule has 4 nitrogen and oxygen atoms in total. The van der Waals surface area contributed by atoms with Gasteiger partial charge in [-0.2, -0.15) is 0 Å². The summed E-state index contributed by atoms with van der Waals surface area (Å²) < 4.78 is 0. The van der Waals surface area contributed by atoms with E-state index >= 15 is 0 Å². The zero-order chi connectivity index (χ0) is 16.1. The molecule has 0 fully saturated rings. The molecule has 0 saturated heterocycles. The minimum atomic E-state index is -0.446. The van der Waals surface area contributed by atoms with Gasteiger partial charge in [0.25, 0.3) is 0 Å². The van der Waals surface area contributed by atoms with E-state index in [4.69, 9.17) is 5.73 Å². The second-order valence-electron chi connectivity index (χ2n) is 5.00. The fourth-order valence-electron chi connectivity index (χ4n) is 2.23.